The molecular weight excluding hydrogens is 260 g/mol. The Hall–Kier alpha value is -1.68. The normalized spacial score (nSPS) is 16.8. The second-order valence-electron chi connectivity index (χ2n) is 6.26. The van der Waals surface area contributed by atoms with Crippen molar-refractivity contribution < 1.29 is 0 Å². The van der Waals surface area contributed by atoms with Crippen LogP contribution in [0.5, 0.6) is 0 Å². The maximum absolute atomic E-state index is 4.37. The van der Waals surface area contributed by atoms with Crippen LogP contribution in [0.15, 0.2) is 18.2 Å². The van der Waals surface area contributed by atoms with Crippen LogP contribution in [0.1, 0.15) is 60.7 Å². The van der Waals surface area contributed by atoms with E-state index in [1.165, 1.54) is 23.1 Å². The van der Waals surface area contributed by atoms with Crippen LogP contribution in [0.3, 0.4) is 0 Å². The van der Waals surface area contributed by atoms with Crippen molar-refractivity contribution in [1.82, 2.24) is 20.1 Å². The summed E-state index contributed by atoms with van der Waals surface area (Å²) in [6, 6.07) is 7.23. The number of fused-ring (bicyclic) bond motifs is 1. The fraction of sp³-hybridized carbons (Fsp3) is 0.529. The van der Waals surface area contributed by atoms with Gasteiger partial charge in [-0.25, -0.2) is 0 Å². The van der Waals surface area contributed by atoms with Crippen LogP contribution in [0.25, 0.3) is 0 Å². The van der Waals surface area contributed by atoms with E-state index in [9.17, 15) is 0 Å². The molecule has 1 aliphatic heterocycles. The predicted molar refractivity (Wildman–Crippen MR) is 84.2 cm³/mol. The zero-order chi connectivity index (χ0) is 15.0. The van der Waals surface area contributed by atoms with Crippen molar-refractivity contribution in [2.45, 2.75) is 59.2 Å². The molecule has 1 N–H and O–H groups in total. The lowest BCUT2D eigenvalue weighted by Gasteiger charge is -2.21. The topological polar surface area (TPSA) is 42.7 Å². The van der Waals surface area contributed by atoms with Crippen molar-refractivity contribution in [2.24, 2.45) is 0 Å². The molecule has 2 heterocycles. The van der Waals surface area contributed by atoms with Gasteiger partial charge in [0.25, 0.3) is 0 Å². The second kappa shape index (κ2) is 5.60. The van der Waals surface area contributed by atoms with E-state index in [0.717, 1.165) is 24.6 Å². The fourth-order valence-corrected chi connectivity index (χ4v) is 3.30. The van der Waals surface area contributed by atoms with Gasteiger partial charge in [0.05, 0.1) is 6.04 Å². The van der Waals surface area contributed by atoms with E-state index in [1.807, 2.05) is 0 Å². The van der Waals surface area contributed by atoms with Crippen molar-refractivity contribution in [2.75, 3.05) is 0 Å². The molecule has 0 aliphatic carbocycles. The quantitative estimate of drug-likeness (QED) is 0.937. The SMILES string of the molecule is Cc1cc(C)cc(C(C)NC(C)c2nnc3n2CCC3)c1. The van der Waals surface area contributed by atoms with E-state index in [4.69, 9.17) is 0 Å². The van der Waals surface area contributed by atoms with Gasteiger partial charge in [-0.3, -0.25) is 0 Å². The first-order chi connectivity index (χ1) is 10.0. The molecule has 0 bridgehead atoms. The molecule has 2 aromatic rings. The molecule has 0 saturated heterocycles. The van der Waals surface area contributed by atoms with E-state index < -0.39 is 0 Å². The molecule has 1 aliphatic rings. The molecular formula is C17H24N4. The monoisotopic (exact) mass is 284 g/mol. The number of aryl methyl sites for hydroxylation is 3. The Labute approximate surface area is 126 Å². The van der Waals surface area contributed by atoms with Gasteiger partial charge in [0.15, 0.2) is 0 Å². The van der Waals surface area contributed by atoms with Crippen LogP contribution in [-0.2, 0) is 13.0 Å². The highest BCUT2D eigenvalue weighted by Gasteiger charge is 2.22. The van der Waals surface area contributed by atoms with Gasteiger partial charge in [-0.15, -0.1) is 10.2 Å². The Kier molecular flexibility index (Phi) is 3.81. The van der Waals surface area contributed by atoms with Crippen molar-refractivity contribution in [3.63, 3.8) is 0 Å². The summed E-state index contributed by atoms with van der Waals surface area (Å²) in [6.45, 7) is 9.75. The van der Waals surface area contributed by atoms with Gasteiger partial charge >= 0.3 is 0 Å². The summed E-state index contributed by atoms with van der Waals surface area (Å²) in [4.78, 5) is 0. The molecule has 4 nitrogen and oxygen atoms in total. The number of rotatable bonds is 4. The summed E-state index contributed by atoms with van der Waals surface area (Å²) in [5, 5.41) is 12.3. The van der Waals surface area contributed by atoms with Crippen LogP contribution in [-0.4, -0.2) is 14.8 Å². The van der Waals surface area contributed by atoms with Crippen molar-refractivity contribution in [1.29, 1.82) is 0 Å². The van der Waals surface area contributed by atoms with Gasteiger partial charge in [-0.2, -0.15) is 0 Å². The third-order valence-electron chi connectivity index (χ3n) is 4.27. The standard InChI is InChI=1S/C17H24N4/c1-11-8-12(2)10-15(9-11)13(3)18-14(4)17-20-19-16-6-5-7-21(16)17/h8-10,13-14,18H,5-7H2,1-4H3. The summed E-state index contributed by atoms with van der Waals surface area (Å²) >= 11 is 0. The van der Waals surface area contributed by atoms with Gasteiger partial charge < -0.3 is 9.88 Å². The summed E-state index contributed by atoms with van der Waals surface area (Å²) in [6.07, 6.45) is 2.25. The Bertz CT molecular complexity index is 624. The van der Waals surface area contributed by atoms with Crippen LogP contribution in [0, 0.1) is 13.8 Å². The third-order valence-corrected chi connectivity index (χ3v) is 4.27. The van der Waals surface area contributed by atoms with Gasteiger partial charge in [-0.1, -0.05) is 29.3 Å². The molecule has 2 unspecified atom stereocenters. The third kappa shape index (κ3) is 2.86. The summed E-state index contributed by atoms with van der Waals surface area (Å²) in [7, 11) is 0. The van der Waals surface area contributed by atoms with E-state index in [-0.39, 0.29) is 6.04 Å². The molecule has 4 heteroatoms. The molecule has 1 aromatic heterocycles. The number of nitrogens with zero attached hydrogens (tertiary/aromatic N) is 3. The largest absolute Gasteiger partial charge is 0.314 e. The minimum atomic E-state index is 0.208. The minimum Gasteiger partial charge on any atom is -0.314 e. The maximum atomic E-state index is 4.37. The number of hydrogen-bond donors (Lipinski definition) is 1. The van der Waals surface area contributed by atoms with Crippen LogP contribution < -0.4 is 5.32 Å². The highest BCUT2D eigenvalue weighted by Crippen LogP contribution is 2.23. The first kappa shape index (κ1) is 14.3. The maximum Gasteiger partial charge on any atom is 0.149 e. The zero-order valence-corrected chi connectivity index (χ0v) is 13.3. The highest BCUT2D eigenvalue weighted by atomic mass is 15.3. The van der Waals surface area contributed by atoms with E-state index in [2.05, 4.69) is 66.0 Å². The summed E-state index contributed by atoms with van der Waals surface area (Å²) in [5.74, 6) is 2.21. The van der Waals surface area contributed by atoms with Gasteiger partial charge in [0.1, 0.15) is 11.6 Å². The van der Waals surface area contributed by atoms with Gasteiger partial charge in [0.2, 0.25) is 0 Å². The first-order valence-electron chi connectivity index (χ1n) is 7.81. The lowest BCUT2D eigenvalue weighted by molar-refractivity contribution is 0.459. The molecule has 0 amide bonds. The minimum absolute atomic E-state index is 0.208. The number of nitrogens with one attached hydrogen (secondary N) is 1. The number of hydrogen-bond acceptors (Lipinski definition) is 3. The van der Waals surface area contributed by atoms with E-state index in [1.54, 1.807) is 0 Å². The van der Waals surface area contributed by atoms with Crippen molar-refractivity contribution >= 4 is 0 Å². The molecule has 21 heavy (non-hydrogen) atoms. The number of aromatic nitrogens is 3. The number of benzene rings is 1. The Morgan fingerprint density at radius 2 is 1.76 bits per heavy atom. The molecule has 0 fully saturated rings. The van der Waals surface area contributed by atoms with Crippen LogP contribution in [0.2, 0.25) is 0 Å². The van der Waals surface area contributed by atoms with Crippen LogP contribution in [0.4, 0.5) is 0 Å². The summed E-state index contributed by atoms with van der Waals surface area (Å²) in [5.41, 5.74) is 3.96. The smallest absolute Gasteiger partial charge is 0.149 e. The highest BCUT2D eigenvalue weighted by molar-refractivity contribution is 5.30. The molecule has 112 valence electrons. The zero-order valence-electron chi connectivity index (χ0n) is 13.3. The van der Waals surface area contributed by atoms with Crippen LogP contribution >= 0.6 is 0 Å². The lowest BCUT2D eigenvalue weighted by atomic mass is 10.0. The van der Waals surface area contributed by atoms with Crippen molar-refractivity contribution in [3.05, 3.63) is 46.5 Å². The Balaban J connectivity index is 1.76. The van der Waals surface area contributed by atoms with Gasteiger partial charge in [0, 0.05) is 19.0 Å². The lowest BCUT2D eigenvalue weighted by Crippen LogP contribution is -2.25. The molecule has 1 aromatic carbocycles. The Morgan fingerprint density at radius 3 is 2.48 bits per heavy atom. The first-order valence-corrected chi connectivity index (χ1v) is 7.81. The molecule has 2 atom stereocenters. The van der Waals surface area contributed by atoms with E-state index in [0.29, 0.717) is 6.04 Å². The molecule has 3 rings (SSSR count). The molecule has 0 radical (unpaired) electrons. The average molecular weight is 284 g/mol. The second-order valence-corrected chi connectivity index (χ2v) is 6.26. The predicted octanol–water partition coefficient (Wildman–Crippen LogP) is 3.25. The van der Waals surface area contributed by atoms with E-state index >= 15 is 0 Å². The Morgan fingerprint density at radius 1 is 1.05 bits per heavy atom. The van der Waals surface area contributed by atoms with Crippen molar-refractivity contribution in [3.8, 4) is 0 Å². The average Bonchev–Trinajstić information content (AvgIpc) is 2.99. The fourth-order valence-electron chi connectivity index (χ4n) is 3.30. The molecule has 0 spiro atoms. The summed E-state index contributed by atoms with van der Waals surface area (Å²) < 4.78 is 2.27. The molecule has 0 saturated carbocycles. The van der Waals surface area contributed by atoms with Gasteiger partial charge in [-0.05, 0) is 39.7 Å².